The van der Waals surface area contributed by atoms with E-state index in [1.807, 2.05) is 20.8 Å². The van der Waals surface area contributed by atoms with Crippen LogP contribution >= 0.6 is 0 Å². The normalized spacial score (nSPS) is 12.3. The van der Waals surface area contributed by atoms with E-state index in [2.05, 4.69) is 28.3 Å². The molecule has 0 heterocycles. The Morgan fingerprint density at radius 3 is 2.48 bits per heavy atom. The van der Waals surface area contributed by atoms with Gasteiger partial charge in [-0.2, -0.15) is 8.78 Å². The van der Waals surface area contributed by atoms with Crippen molar-refractivity contribution in [1.82, 2.24) is 0 Å². The molecule has 0 aromatic heterocycles. The lowest BCUT2D eigenvalue weighted by atomic mass is 10.00. The number of aryl methyl sites for hydroxylation is 2. The Hall–Kier alpha value is -2.10. The molecule has 0 amide bonds. The highest BCUT2D eigenvalue weighted by molar-refractivity contribution is 5.57. The highest BCUT2D eigenvalue weighted by Crippen LogP contribution is 2.30. The van der Waals surface area contributed by atoms with Crippen molar-refractivity contribution < 1.29 is 13.5 Å². The van der Waals surface area contributed by atoms with Crippen LogP contribution in [0.3, 0.4) is 0 Å². The maximum atomic E-state index is 12.4. The standard InChI is InChI=1S/C17H19F2NO/c1-11-8-9-12(2)14(10-11)13(3)20-15-6-4-5-7-16(15)21-17(18)19/h4-10,13,17,20H,1-3H3. The second-order valence-electron chi connectivity index (χ2n) is 5.10. The Balaban J connectivity index is 2.23. The maximum Gasteiger partial charge on any atom is 0.387 e. The number of nitrogens with one attached hydrogen (secondary N) is 1. The summed E-state index contributed by atoms with van der Waals surface area (Å²) in [5, 5.41) is 3.24. The summed E-state index contributed by atoms with van der Waals surface area (Å²) in [6.45, 7) is 3.24. The van der Waals surface area contributed by atoms with Crippen LogP contribution in [0.15, 0.2) is 42.5 Å². The number of anilines is 1. The van der Waals surface area contributed by atoms with E-state index in [-0.39, 0.29) is 11.8 Å². The Bertz CT molecular complexity index is 613. The van der Waals surface area contributed by atoms with Gasteiger partial charge in [0.25, 0.3) is 0 Å². The Morgan fingerprint density at radius 2 is 1.76 bits per heavy atom. The van der Waals surface area contributed by atoms with Gasteiger partial charge in [0, 0.05) is 6.04 Å². The van der Waals surface area contributed by atoms with E-state index in [4.69, 9.17) is 0 Å². The van der Waals surface area contributed by atoms with Gasteiger partial charge in [0.1, 0.15) is 5.75 Å². The minimum Gasteiger partial charge on any atom is -0.433 e. The Labute approximate surface area is 123 Å². The SMILES string of the molecule is Cc1ccc(C)c(C(C)Nc2ccccc2OC(F)F)c1. The van der Waals surface area contributed by atoms with Crippen LogP contribution in [-0.2, 0) is 0 Å². The van der Waals surface area contributed by atoms with Gasteiger partial charge in [-0.05, 0) is 44.0 Å². The largest absolute Gasteiger partial charge is 0.433 e. The topological polar surface area (TPSA) is 21.3 Å². The van der Waals surface area contributed by atoms with Gasteiger partial charge in [0.05, 0.1) is 5.69 Å². The fraction of sp³-hybridized carbons (Fsp3) is 0.294. The summed E-state index contributed by atoms with van der Waals surface area (Å²) in [4.78, 5) is 0. The zero-order chi connectivity index (χ0) is 15.4. The number of para-hydroxylation sites is 2. The first-order chi connectivity index (χ1) is 9.97. The van der Waals surface area contributed by atoms with E-state index < -0.39 is 6.61 Å². The van der Waals surface area contributed by atoms with E-state index in [0.29, 0.717) is 5.69 Å². The third-order valence-electron chi connectivity index (χ3n) is 3.38. The van der Waals surface area contributed by atoms with Gasteiger partial charge < -0.3 is 10.1 Å². The van der Waals surface area contributed by atoms with E-state index in [9.17, 15) is 8.78 Å². The molecule has 1 N–H and O–H groups in total. The molecule has 2 nitrogen and oxygen atoms in total. The third-order valence-corrected chi connectivity index (χ3v) is 3.38. The van der Waals surface area contributed by atoms with Crippen LogP contribution in [0, 0.1) is 13.8 Å². The van der Waals surface area contributed by atoms with Gasteiger partial charge in [0.2, 0.25) is 0 Å². The molecule has 0 radical (unpaired) electrons. The lowest BCUT2D eigenvalue weighted by molar-refractivity contribution is -0.0493. The van der Waals surface area contributed by atoms with Crippen LogP contribution in [0.5, 0.6) is 5.75 Å². The Kier molecular flexibility index (Phi) is 4.78. The molecule has 2 rings (SSSR count). The number of rotatable bonds is 5. The van der Waals surface area contributed by atoms with Gasteiger partial charge in [-0.1, -0.05) is 35.9 Å². The van der Waals surface area contributed by atoms with Crippen molar-refractivity contribution in [2.24, 2.45) is 0 Å². The predicted octanol–water partition coefficient (Wildman–Crippen LogP) is 5.08. The van der Waals surface area contributed by atoms with E-state index in [1.165, 1.54) is 11.6 Å². The summed E-state index contributed by atoms with van der Waals surface area (Å²) in [5.74, 6) is 0.157. The summed E-state index contributed by atoms with van der Waals surface area (Å²) < 4.78 is 29.4. The minimum absolute atomic E-state index is 0.00711. The summed E-state index contributed by atoms with van der Waals surface area (Å²) in [5.41, 5.74) is 4.03. The monoisotopic (exact) mass is 291 g/mol. The molecule has 0 spiro atoms. The van der Waals surface area contributed by atoms with Crippen molar-refractivity contribution in [3.05, 3.63) is 59.2 Å². The molecule has 0 aliphatic rings. The number of halogens is 2. The van der Waals surface area contributed by atoms with Crippen LogP contribution in [0.2, 0.25) is 0 Å². The number of ether oxygens (including phenoxy) is 1. The van der Waals surface area contributed by atoms with E-state index >= 15 is 0 Å². The van der Waals surface area contributed by atoms with Crippen LogP contribution in [0.1, 0.15) is 29.7 Å². The number of hydrogen-bond donors (Lipinski definition) is 1. The second-order valence-corrected chi connectivity index (χ2v) is 5.10. The average Bonchev–Trinajstić information content (AvgIpc) is 2.43. The Morgan fingerprint density at radius 1 is 1.05 bits per heavy atom. The van der Waals surface area contributed by atoms with Crippen molar-refractivity contribution in [2.75, 3.05) is 5.32 Å². The molecule has 0 bridgehead atoms. The molecule has 2 aromatic carbocycles. The summed E-state index contributed by atoms with van der Waals surface area (Å²) in [7, 11) is 0. The molecule has 0 aliphatic heterocycles. The van der Waals surface area contributed by atoms with Gasteiger partial charge >= 0.3 is 6.61 Å². The third kappa shape index (κ3) is 3.94. The van der Waals surface area contributed by atoms with Gasteiger partial charge in [-0.15, -0.1) is 0 Å². The molecule has 0 aliphatic carbocycles. The molecular weight excluding hydrogens is 272 g/mol. The summed E-state index contributed by atoms with van der Waals surface area (Å²) >= 11 is 0. The van der Waals surface area contributed by atoms with Crippen LogP contribution < -0.4 is 10.1 Å². The van der Waals surface area contributed by atoms with E-state index in [1.54, 1.807) is 18.2 Å². The fourth-order valence-corrected chi connectivity index (χ4v) is 2.32. The van der Waals surface area contributed by atoms with Gasteiger partial charge in [-0.3, -0.25) is 0 Å². The van der Waals surface area contributed by atoms with Crippen LogP contribution in [0.25, 0.3) is 0 Å². The molecule has 4 heteroatoms. The zero-order valence-electron chi connectivity index (χ0n) is 12.4. The molecule has 0 saturated heterocycles. The number of benzene rings is 2. The fourth-order valence-electron chi connectivity index (χ4n) is 2.32. The lowest BCUT2D eigenvalue weighted by Crippen LogP contribution is -2.11. The first-order valence-corrected chi connectivity index (χ1v) is 6.85. The highest BCUT2D eigenvalue weighted by atomic mass is 19.3. The molecule has 0 fully saturated rings. The lowest BCUT2D eigenvalue weighted by Gasteiger charge is -2.20. The summed E-state index contributed by atoms with van der Waals surface area (Å²) in [6.07, 6.45) is 0. The first kappa shape index (κ1) is 15.3. The zero-order valence-corrected chi connectivity index (χ0v) is 12.4. The van der Waals surface area contributed by atoms with Crippen LogP contribution in [-0.4, -0.2) is 6.61 Å². The molecule has 1 atom stereocenters. The van der Waals surface area contributed by atoms with Gasteiger partial charge in [0.15, 0.2) is 0 Å². The molecule has 21 heavy (non-hydrogen) atoms. The predicted molar refractivity (Wildman–Crippen MR) is 81.0 cm³/mol. The molecular formula is C17H19F2NO. The van der Waals surface area contributed by atoms with Crippen molar-refractivity contribution in [2.45, 2.75) is 33.4 Å². The first-order valence-electron chi connectivity index (χ1n) is 6.85. The molecule has 0 saturated carbocycles. The van der Waals surface area contributed by atoms with Crippen LogP contribution in [0.4, 0.5) is 14.5 Å². The quantitative estimate of drug-likeness (QED) is 0.829. The highest BCUT2D eigenvalue weighted by Gasteiger charge is 2.13. The minimum atomic E-state index is -2.83. The van der Waals surface area contributed by atoms with Crippen molar-refractivity contribution in [3.63, 3.8) is 0 Å². The molecule has 112 valence electrons. The second kappa shape index (κ2) is 6.57. The average molecular weight is 291 g/mol. The molecule has 2 aromatic rings. The number of hydrogen-bond acceptors (Lipinski definition) is 2. The summed E-state index contributed by atoms with van der Waals surface area (Å²) in [6, 6.07) is 12.9. The van der Waals surface area contributed by atoms with Crippen molar-refractivity contribution in [3.8, 4) is 5.75 Å². The molecule has 1 unspecified atom stereocenters. The smallest absolute Gasteiger partial charge is 0.387 e. The van der Waals surface area contributed by atoms with Crippen molar-refractivity contribution >= 4 is 5.69 Å². The number of alkyl halides is 2. The van der Waals surface area contributed by atoms with Crippen molar-refractivity contribution in [1.29, 1.82) is 0 Å². The maximum absolute atomic E-state index is 12.4. The van der Waals surface area contributed by atoms with E-state index in [0.717, 1.165) is 11.1 Å². The van der Waals surface area contributed by atoms with Gasteiger partial charge in [-0.25, -0.2) is 0 Å².